The van der Waals surface area contributed by atoms with Crippen molar-refractivity contribution in [1.29, 1.82) is 0 Å². The fraction of sp³-hybridized carbons (Fsp3) is 0.750. The van der Waals surface area contributed by atoms with Gasteiger partial charge >= 0.3 is 5.97 Å². The number of hydrogen-bond donors (Lipinski definition) is 1. The van der Waals surface area contributed by atoms with Gasteiger partial charge in [0, 0.05) is 6.42 Å². The molecule has 1 heterocycles. The number of nitrogens with zero attached hydrogens (tertiary/aromatic N) is 3. The quantitative estimate of drug-likeness (QED) is 0.874. The zero-order chi connectivity index (χ0) is 13.2. The summed E-state index contributed by atoms with van der Waals surface area (Å²) in [5, 5.41) is 17.1. The van der Waals surface area contributed by atoms with Gasteiger partial charge in [0.25, 0.3) is 0 Å². The molecule has 1 N–H and O–H groups in total. The molecule has 0 radical (unpaired) electrons. The monoisotopic (exact) mass is 239 g/mol. The summed E-state index contributed by atoms with van der Waals surface area (Å²) in [5.41, 5.74) is 0.0603. The maximum absolute atomic E-state index is 11.3. The second kappa shape index (κ2) is 4.85. The van der Waals surface area contributed by atoms with Crippen LogP contribution in [0.1, 0.15) is 46.5 Å². The van der Waals surface area contributed by atoms with Crippen LogP contribution < -0.4 is 0 Å². The highest BCUT2D eigenvalue weighted by Gasteiger charge is 2.27. The van der Waals surface area contributed by atoms with Gasteiger partial charge in [0.2, 0.25) is 0 Å². The van der Waals surface area contributed by atoms with Crippen molar-refractivity contribution in [3.63, 3.8) is 0 Å². The molecule has 0 aliphatic heterocycles. The molecule has 1 atom stereocenters. The van der Waals surface area contributed by atoms with Crippen molar-refractivity contribution in [2.24, 2.45) is 11.3 Å². The maximum Gasteiger partial charge on any atom is 0.327 e. The Labute approximate surface area is 102 Å². The van der Waals surface area contributed by atoms with Crippen LogP contribution in [0.3, 0.4) is 0 Å². The first-order valence-electron chi connectivity index (χ1n) is 5.83. The first-order valence-corrected chi connectivity index (χ1v) is 5.83. The summed E-state index contributed by atoms with van der Waals surface area (Å²) in [6, 6.07) is -0.595. The SMILES string of the molecule is CC(C)C(C(=O)O)n1cnnc1CC(C)(C)C. The van der Waals surface area contributed by atoms with Crippen molar-refractivity contribution in [2.45, 2.75) is 47.1 Å². The standard InChI is InChI=1S/C12H21N3O2/c1-8(2)10(11(16)17)15-7-13-14-9(15)6-12(3,4)5/h7-8,10H,6H2,1-5H3,(H,16,17). The summed E-state index contributed by atoms with van der Waals surface area (Å²) < 4.78 is 1.68. The first-order chi connectivity index (χ1) is 7.72. The Kier molecular flexibility index (Phi) is 3.91. The van der Waals surface area contributed by atoms with Crippen molar-refractivity contribution in [3.05, 3.63) is 12.2 Å². The third-order valence-electron chi connectivity index (χ3n) is 2.52. The van der Waals surface area contributed by atoms with Crippen LogP contribution in [0, 0.1) is 11.3 Å². The van der Waals surface area contributed by atoms with E-state index in [4.69, 9.17) is 0 Å². The lowest BCUT2D eigenvalue weighted by atomic mass is 9.91. The number of carboxylic acids is 1. The third kappa shape index (κ3) is 3.54. The van der Waals surface area contributed by atoms with Gasteiger partial charge in [-0.15, -0.1) is 10.2 Å². The topological polar surface area (TPSA) is 68.0 Å². The smallest absolute Gasteiger partial charge is 0.327 e. The lowest BCUT2D eigenvalue weighted by Gasteiger charge is -2.22. The van der Waals surface area contributed by atoms with Gasteiger partial charge in [-0.25, -0.2) is 4.79 Å². The lowest BCUT2D eigenvalue weighted by Crippen LogP contribution is -2.26. The molecule has 1 aromatic heterocycles. The van der Waals surface area contributed by atoms with E-state index < -0.39 is 12.0 Å². The number of hydrogen-bond acceptors (Lipinski definition) is 3. The van der Waals surface area contributed by atoms with E-state index in [0.717, 1.165) is 5.82 Å². The minimum Gasteiger partial charge on any atom is -0.480 e. The molecule has 1 unspecified atom stereocenters. The van der Waals surface area contributed by atoms with Gasteiger partial charge in [0.15, 0.2) is 0 Å². The molecule has 0 saturated carbocycles. The van der Waals surface area contributed by atoms with Crippen LogP contribution in [0.5, 0.6) is 0 Å². The molecule has 1 rings (SSSR count). The van der Waals surface area contributed by atoms with Gasteiger partial charge in [-0.1, -0.05) is 34.6 Å². The van der Waals surface area contributed by atoms with Gasteiger partial charge < -0.3 is 9.67 Å². The molecular weight excluding hydrogens is 218 g/mol. The molecule has 96 valence electrons. The third-order valence-corrected chi connectivity index (χ3v) is 2.52. The molecule has 0 bridgehead atoms. The molecule has 0 fully saturated rings. The second-order valence-electron chi connectivity index (χ2n) is 5.92. The van der Waals surface area contributed by atoms with Crippen molar-refractivity contribution < 1.29 is 9.90 Å². The van der Waals surface area contributed by atoms with Crippen LogP contribution in [0.25, 0.3) is 0 Å². The highest BCUT2D eigenvalue weighted by molar-refractivity contribution is 5.72. The van der Waals surface area contributed by atoms with Crippen molar-refractivity contribution in [3.8, 4) is 0 Å². The van der Waals surface area contributed by atoms with Crippen LogP contribution in [-0.4, -0.2) is 25.8 Å². The molecule has 0 spiro atoms. The molecule has 0 aliphatic carbocycles. The first kappa shape index (κ1) is 13.7. The van der Waals surface area contributed by atoms with Crippen LogP contribution in [0.15, 0.2) is 6.33 Å². The fourth-order valence-electron chi connectivity index (χ4n) is 1.83. The Morgan fingerprint density at radius 1 is 1.47 bits per heavy atom. The molecule has 0 aromatic carbocycles. The van der Waals surface area contributed by atoms with Gasteiger partial charge in [-0.3, -0.25) is 0 Å². The minimum atomic E-state index is -0.838. The minimum absolute atomic E-state index is 0.00205. The van der Waals surface area contributed by atoms with Crippen molar-refractivity contribution in [2.75, 3.05) is 0 Å². The van der Waals surface area contributed by atoms with Crippen LogP contribution in [-0.2, 0) is 11.2 Å². The normalized spacial score (nSPS) is 14.0. The molecule has 0 amide bonds. The number of carboxylic acid groups (broad SMARTS) is 1. The Bertz CT molecular complexity index is 391. The highest BCUT2D eigenvalue weighted by atomic mass is 16.4. The zero-order valence-corrected chi connectivity index (χ0v) is 11.1. The molecule has 0 aliphatic rings. The Hall–Kier alpha value is -1.39. The second-order valence-corrected chi connectivity index (χ2v) is 5.92. The number of rotatable bonds is 4. The average molecular weight is 239 g/mol. The van der Waals surface area contributed by atoms with Crippen LogP contribution >= 0.6 is 0 Å². The molecule has 0 saturated heterocycles. The zero-order valence-electron chi connectivity index (χ0n) is 11.1. The van der Waals surface area contributed by atoms with Crippen molar-refractivity contribution >= 4 is 5.97 Å². The number of carbonyl (C=O) groups is 1. The van der Waals surface area contributed by atoms with E-state index in [2.05, 4.69) is 31.0 Å². The molecular formula is C12H21N3O2. The summed E-state index contributed by atoms with van der Waals surface area (Å²) >= 11 is 0. The summed E-state index contributed by atoms with van der Waals surface area (Å²) in [6.07, 6.45) is 2.23. The van der Waals surface area contributed by atoms with Gasteiger partial charge in [-0.2, -0.15) is 0 Å². The lowest BCUT2D eigenvalue weighted by molar-refractivity contribution is -0.142. The Morgan fingerprint density at radius 2 is 2.06 bits per heavy atom. The van der Waals surface area contributed by atoms with Gasteiger partial charge in [0.05, 0.1) is 0 Å². The molecule has 17 heavy (non-hydrogen) atoms. The van der Waals surface area contributed by atoms with Crippen LogP contribution in [0.2, 0.25) is 0 Å². The van der Waals surface area contributed by atoms with E-state index >= 15 is 0 Å². The summed E-state index contributed by atoms with van der Waals surface area (Å²) in [6.45, 7) is 10.1. The van der Waals surface area contributed by atoms with E-state index in [1.54, 1.807) is 4.57 Å². The van der Waals surface area contributed by atoms with Crippen molar-refractivity contribution in [1.82, 2.24) is 14.8 Å². The van der Waals surface area contributed by atoms with E-state index in [1.807, 2.05) is 13.8 Å². The molecule has 1 aromatic rings. The van der Waals surface area contributed by atoms with Gasteiger partial charge in [-0.05, 0) is 11.3 Å². The predicted octanol–water partition coefficient (Wildman–Crippen LogP) is 2.15. The van der Waals surface area contributed by atoms with E-state index in [-0.39, 0.29) is 11.3 Å². The maximum atomic E-state index is 11.3. The van der Waals surface area contributed by atoms with E-state index in [9.17, 15) is 9.90 Å². The largest absolute Gasteiger partial charge is 0.480 e. The van der Waals surface area contributed by atoms with Crippen LogP contribution in [0.4, 0.5) is 0 Å². The number of aliphatic carboxylic acids is 1. The Morgan fingerprint density at radius 3 is 2.47 bits per heavy atom. The highest BCUT2D eigenvalue weighted by Crippen LogP contribution is 2.24. The number of aromatic nitrogens is 3. The van der Waals surface area contributed by atoms with E-state index in [1.165, 1.54) is 6.33 Å². The Balaban J connectivity index is 3.05. The fourth-order valence-corrected chi connectivity index (χ4v) is 1.83. The molecule has 5 nitrogen and oxygen atoms in total. The summed E-state index contributed by atoms with van der Waals surface area (Å²) in [4.78, 5) is 11.3. The average Bonchev–Trinajstić information content (AvgIpc) is 2.48. The predicted molar refractivity (Wildman–Crippen MR) is 64.7 cm³/mol. The summed E-state index contributed by atoms with van der Waals surface area (Å²) in [7, 11) is 0. The molecule has 5 heteroatoms. The summed E-state index contributed by atoms with van der Waals surface area (Å²) in [5.74, 6) is -0.101. The van der Waals surface area contributed by atoms with E-state index in [0.29, 0.717) is 6.42 Å². The van der Waals surface area contributed by atoms with Gasteiger partial charge in [0.1, 0.15) is 18.2 Å².